The summed E-state index contributed by atoms with van der Waals surface area (Å²) in [5.74, 6) is -0.672. The second-order valence-corrected chi connectivity index (χ2v) is 9.88. The van der Waals surface area contributed by atoms with E-state index in [1.165, 1.54) is 12.1 Å². The number of halogens is 1. The highest BCUT2D eigenvalue weighted by Gasteiger charge is 2.20. The zero-order valence-electron chi connectivity index (χ0n) is 22.9. The van der Waals surface area contributed by atoms with Crippen LogP contribution in [0.3, 0.4) is 0 Å². The fourth-order valence-corrected chi connectivity index (χ4v) is 4.66. The molecule has 10 heteroatoms. The van der Waals surface area contributed by atoms with Crippen molar-refractivity contribution in [3.05, 3.63) is 78.7 Å². The molecule has 3 aromatic carbocycles. The van der Waals surface area contributed by atoms with E-state index in [-0.39, 0.29) is 11.4 Å². The number of methoxy groups -OCH3 is 1. The number of nitrogens with one attached hydrogen (secondary N) is 2. The largest absolute Gasteiger partial charge is 0.491 e. The normalized spacial score (nSPS) is 13.9. The number of hydrogen-bond donors (Lipinski definition) is 2. The number of benzene rings is 3. The van der Waals surface area contributed by atoms with Gasteiger partial charge in [-0.25, -0.2) is 4.39 Å². The third kappa shape index (κ3) is 6.72. The molecule has 9 nitrogen and oxygen atoms in total. The maximum absolute atomic E-state index is 15.0. The predicted molar refractivity (Wildman–Crippen MR) is 154 cm³/mol. The summed E-state index contributed by atoms with van der Waals surface area (Å²) in [4.78, 5) is 31.2. The van der Waals surface area contributed by atoms with Gasteiger partial charge in [0.05, 0.1) is 13.7 Å². The summed E-state index contributed by atoms with van der Waals surface area (Å²) >= 11 is 0. The molecule has 0 spiro atoms. The molecule has 212 valence electrons. The van der Waals surface area contributed by atoms with Gasteiger partial charge in [-0.2, -0.15) is 0 Å². The van der Waals surface area contributed by atoms with Gasteiger partial charge in [0.25, 0.3) is 0 Å². The van der Waals surface area contributed by atoms with Gasteiger partial charge >= 0.3 is 11.8 Å². The molecule has 2 N–H and O–H groups in total. The van der Waals surface area contributed by atoms with Gasteiger partial charge in [-0.05, 0) is 81.4 Å². The Morgan fingerprint density at radius 1 is 0.927 bits per heavy atom. The first-order valence-corrected chi connectivity index (χ1v) is 13.3. The number of piperidine rings is 1. The number of ether oxygens (including phenoxy) is 3. The van der Waals surface area contributed by atoms with Gasteiger partial charge in [-0.3, -0.25) is 14.6 Å². The maximum atomic E-state index is 15.0. The standard InChI is InChI=1S/C31H31FN4O5/c1-36-16-13-20(14-17-36)19-40-27-11-9-23-25(12-15-33-28(23)29(27)39-2)41-26-10-8-22(18-24(26)32)35-31(38)30(37)34-21-6-4-3-5-7-21/h3-12,15,18,20H,13-14,16-17,19H2,1-2H3,(H,34,37)(H,35,38). The van der Waals surface area contributed by atoms with Crippen molar-refractivity contribution < 1.29 is 28.2 Å². The summed E-state index contributed by atoms with van der Waals surface area (Å²) < 4.78 is 32.7. The molecule has 41 heavy (non-hydrogen) atoms. The average Bonchev–Trinajstić information content (AvgIpc) is 2.98. The minimum atomic E-state index is -0.928. The van der Waals surface area contributed by atoms with Gasteiger partial charge < -0.3 is 29.7 Å². The average molecular weight is 559 g/mol. The van der Waals surface area contributed by atoms with Crippen LogP contribution in [0.1, 0.15) is 12.8 Å². The Hall–Kier alpha value is -4.70. The molecule has 0 atom stereocenters. The van der Waals surface area contributed by atoms with Gasteiger partial charge in [-0.1, -0.05) is 18.2 Å². The van der Waals surface area contributed by atoms with Crippen molar-refractivity contribution >= 4 is 34.1 Å². The lowest BCUT2D eigenvalue weighted by Crippen LogP contribution is -2.32. The molecule has 4 aromatic rings. The Kier molecular flexibility index (Phi) is 8.59. The second kappa shape index (κ2) is 12.6. The van der Waals surface area contributed by atoms with Crippen molar-refractivity contribution in [3.63, 3.8) is 0 Å². The molecule has 0 saturated carbocycles. The lowest BCUT2D eigenvalue weighted by molar-refractivity contribution is -0.133. The first kappa shape index (κ1) is 27.9. The van der Waals surface area contributed by atoms with Crippen LogP contribution in [0.2, 0.25) is 0 Å². The van der Waals surface area contributed by atoms with Gasteiger partial charge in [0, 0.05) is 29.0 Å². The number of rotatable bonds is 8. The van der Waals surface area contributed by atoms with Crippen molar-refractivity contribution in [3.8, 4) is 23.0 Å². The molecule has 5 rings (SSSR count). The SMILES string of the molecule is COc1c(OCC2CCN(C)CC2)ccc2c(Oc3ccc(NC(=O)C(=O)Nc4ccccc4)cc3F)ccnc12. The number of carbonyl (C=O) groups is 2. The molecule has 1 aliphatic heterocycles. The quantitative estimate of drug-likeness (QED) is 0.277. The second-order valence-electron chi connectivity index (χ2n) is 9.88. The van der Waals surface area contributed by atoms with Crippen LogP contribution in [0.4, 0.5) is 15.8 Å². The Morgan fingerprint density at radius 3 is 2.34 bits per heavy atom. The zero-order valence-corrected chi connectivity index (χ0v) is 22.9. The molecule has 0 aliphatic carbocycles. The maximum Gasteiger partial charge on any atom is 0.314 e. The van der Waals surface area contributed by atoms with Crippen LogP contribution in [0.5, 0.6) is 23.0 Å². The van der Waals surface area contributed by atoms with E-state index in [4.69, 9.17) is 14.2 Å². The summed E-state index contributed by atoms with van der Waals surface area (Å²) in [7, 11) is 3.68. The molecule has 1 saturated heterocycles. The Balaban J connectivity index is 1.28. The Bertz CT molecular complexity index is 1540. The lowest BCUT2D eigenvalue weighted by atomic mass is 9.98. The highest BCUT2D eigenvalue weighted by atomic mass is 19.1. The van der Waals surface area contributed by atoms with E-state index in [0.29, 0.717) is 46.4 Å². The van der Waals surface area contributed by atoms with Crippen molar-refractivity contribution in [1.29, 1.82) is 0 Å². The Morgan fingerprint density at radius 2 is 1.63 bits per heavy atom. The van der Waals surface area contributed by atoms with E-state index in [9.17, 15) is 9.59 Å². The third-order valence-corrected chi connectivity index (χ3v) is 6.95. The number of anilines is 2. The summed E-state index contributed by atoms with van der Waals surface area (Å²) in [6.07, 6.45) is 3.72. The molecule has 1 aromatic heterocycles. The van der Waals surface area contributed by atoms with Gasteiger partial charge in [-0.15, -0.1) is 0 Å². The minimum absolute atomic E-state index is 0.0641. The molecular formula is C31H31FN4O5. The van der Waals surface area contributed by atoms with E-state index in [1.807, 2.05) is 6.07 Å². The summed E-state index contributed by atoms with van der Waals surface area (Å²) in [6.45, 7) is 2.70. The van der Waals surface area contributed by atoms with E-state index in [1.54, 1.807) is 55.8 Å². The first-order chi connectivity index (χ1) is 19.9. The molecule has 0 radical (unpaired) electrons. The number of pyridine rings is 1. The van der Waals surface area contributed by atoms with Crippen LogP contribution in [0, 0.1) is 11.7 Å². The van der Waals surface area contributed by atoms with Crippen LogP contribution in [-0.4, -0.2) is 55.6 Å². The summed E-state index contributed by atoms with van der Waals surface area (Å²) in [5, 5.41) is 5.49. The first-order valence-electron chi connectivity index (χ1n) is 13.3. The predicted octanol–water partition coefficient (Wildman–Crippen LogP) is 5.47. The van der Waals surface area contributed by atoms with Crippen molar-refractivity contribution in [1.82, 2.24) is 9.88 Å². The molecule has 0 unspecified atom stereocenters. The van der Waals surface area contributed by atoms with Crippen LogP contribution >= 0.6 is 0 Å². The number of carbonyl (C=O) groups excluding carboxylic acids is 2. The molecule has 1 fully saturated rings. The van der Waals surface area contributed by atoms with Crippen molar-refractivity contribution in [2.45, 2.75) is 12.8 Å². The summed E-state index contributed by atoms with van der Waals surface area (Å²) in [5.41, 5.74) is 1.11. The zero-order chi connectivity index (χ0) is 28.8. The molecule has 1 aliphatic rings. The smallest absolute Gasteiger partial charge is 0.314 e. The number of aromatic nitrogens is 1. The Labute approximate surface area is 237 Å². The monoisotopic (exact) mass is 558 g/mol. The highest BCUT2D eigenvalue weighted by Crippen LogP contribution is 2.40. The van der Waals surface area contributed by atoms with Gasteiger partial charge in [0.15, 0.2) is 23.1 Å². The fraction of sp³-hybridized carbons (Fsp3) is 0.258. The number of nitrogens with zero attached hydrogens (tertiary/aromatic N) is 2. The number of fused-ring (bicyclic) bond motifs is 1. The molecule has 2 amide bonds. The van der Waals surface area contributed by atoms with Gasteiger partial charge in [0.2, 0.25) is 0 Å². The lowest BCUT2D eigenvalue weighted by Gasteiger charge is -2.28. The van der Waals surface area contributed by atoms with E-state index >= 15 is 4.39 Å². The van der Waals surface area contributed by atoms with Crippen LogP contribution in [-0.2, 0) is 9.59 Å². The van der Waals surface area contributed by atoms with Gasteiger partial charge in [0.1, 0.15) is 11.3 Å². The number of hydrogen-bond acceptors (Lipinski definition) is 7. The van der Waals surface area contributed by atoms with Crippen LogP contribution in [0.25, 0.3) is 10.9 Å². The van der Waals surface area contributed by atoms with Crippen molar-refractivity contribution in [2.75, 3.05) is 44.5 Å². The van der Waals surface area contributed by atoms with E-state index in [0.717, 1.165) is 32.0 Å². The third-order valence-electron chi connectivity index (χ3n) is 6.95. The number of amides is 2. The number of likely N-dealkylation sites (tertiary alicyclic amines) is 1. The van der Waals surface area contributed by atoms with E-state index < -0.39 is 17.6 Å². The topological polar surface area (TPSA) is 102 Å². The van der Waals surface area contributed by atoms with E-state index in [2.05, 4.69) is 27.6 Å². The van der Waals surface area contributed by atoms with Crippen molar-refractivity contribution in [2.24, 2.45) is 5.92 Å². The molecule has 2 heterocycles. The minimum Gasteiger partial charge on any atom is -0.491 e. The fourth-order valence-electron chi connectivity index (χ4n) is 4.66. The number of para-hydroxylation sites is 1. The summed E-state index contributed by atoms with van der Waals surface area (Å²) in [6, 6.07) is 17.7. The molecule has 0 bridgehead atoms. The van der Waals surface area contributed by atoms with Crippen LogP contribution < -0.4 is 24.8 Å². The highest BCUT2D eigenvalue weighted by molar-refractivity contribution is 6.43. The molecular weight excluding hydrogens is 527 g/mol. The van der Waals surface area contributed by atoms with Crippen LogP contribution in [0.15, 0.2) is 72.9 Å².